The van der Waals surface area contributed by atoms with E-state index >= 15 is 0 Å². The Hall–Kier alpha value is -4.04. The second kappa shape index (κ2) is 7.91. The topological polar surface area (TPSA) is 85.1 Å². The zero-order valence-electron chi connectivity index (χ0n) is 15.9. The van der Waals surface area contributed by atoms with Gasteiger partial charge in [-0.2, -0.15) is 5.26 Å². The van der Waals surface area contributed by atoms with Crippen LogP contribution in [0.4, 0.5) is 5.82 Å². The van der Waals surface area contributed by atoms with E-state index in [1.165, 1.54) is 0 Å². The number of nitrogen functional groups attached to an aromatic ring is 1. The number of aryl methyl sites for hydroxylation is 1. The quantitative estimate of drug-likeness (QED) is 0.504. The molecule has 0 saturated heterocycles. The number of anilines is 1. The van der Waals surface area contributed by atoms with Crippen LogP contribution in [0.15, 0.2) is 77.2 Å². The van der Waals surface area contributed by atoms with Gasteiger partial charge in [-0.25, -0.2) is 4.98 Å². The minimum absolute atomic E-state index is 0.179. The number of furan rings is 1. The maximum atomic E-state index is 9.57. The fourth-order valence-electron chi connectivity index (χ4n) is 3.08. The van der Waals surface area contributed by atoms with Crippen LogP contribution < -0.4 is 10.5 Å². The monoisotopic (exact) mass is 381 g/mol. The number of pyridine rings is 1. The summed E-state index contributed by atoms with van der Waals surface area (Å²) in [5.41, 5.74) is 9.65. The molecule has 0 amide bonds. The lowest BCUT2D eigenvalue weighted by atomic mass is 9.99. The van der Waals surface area contributed by atoms with E-state index in [0.717, 1.165) is 22.6 Å². The zero-order valence-corrected chi connectivity index (χ0v) is 15.9. The van der Waals surface area contributed by atoms with Crippen LogP contribution in [0.3, 0.4) is 0 Å². The van der Waals surface area contributed by atoms with Gasteiger partial charge in [-0.1, -0.05) is 42.5 Å². The first-order valence-corrected chi connectivity index (χ1v) is 9.18. The molecule has 5 nitrogen and oxygen atoms in total. The van der Waals surface area contributed by atoms with Gasteiger partial charge in [-0.05, 0) is 48.4 Å². The third kappa shape index (κ3) is 3.97. The Labute approximate surface area is 169 Å². The fraction of sp³-hybridized carbons (Fsp3) is 0.0833. The molecule has 0 saturated carbocycles. The molecule has 4 rings (SSSR count). The van der Waals surface area contributed by atoms with Crippen molar-refractivity contribution < 1.29 is 9.15 Å². The Kier molecular flexibility index (Phi) is 5.00. The Balaban J connectivity index is 1.63. The second-order valence-electron chi connectivity index (χ2n) is 6.64. The molecule has 2 heterocycles. The molecule has 142 valence electrons. The van der Waals surface area contributed by atoms with E-state index in [2.05, 4.69) is 11.1 Å². The third-order valence-corrected chi connectivity index (χ3v) is 4.57. The molecule has 2 N–H and O–H groups in total. The van der Waals surface area contributed by atoms with Gasteiger partial charge in [0.25, 0.3) is 0 Å². The predicted molar refractivity (Wildman–Crippen MR) is 112 cm³/mol. The predicted octanol–water partition coefficient (Wildman–Crippen LogP) is 5.35. The molecule has 0 radical (unpaired) electrons. The van der Waals surface area contributed by atoms with Gasteiger partial charge < -0.3 is 14.9 Å². The number of benzene rings is 2. The van der Waals surface area contributed by atoms with Crippen LogP contribution in [0.25, 0.3) is 22.6 Å². The van der Waals surface area contributed by atoms with E-state index in [9.17, 15) is 5.26 Å². The highest BCUT2D eigenvalue weighted by Gasteiger charge is 2.15. The van der Waals surface area contributed by atoms with Gasteiger partial charge in [-0.3, -0.25) is 0 Å². The van der Waals surface area contributed by atoms with E-state index in [0.29, 0.717) is 29.2 Å². The molecule has 0 atom stereocenters. The number of ether oxygens (including phenoxy) is 1. The van der Waals surface area contributed by atoms with Crippen LogP contribution in [0.1, 0.15) is 16.9 Å². The minimum Gasteiger partial charge on any atom is -0.489 e. The van der Waals surface area contributed by atoms with Crippen molar-refractivity contribution in [1.82, 2.24) is 4.98 Å². The van der Waals surface area contributed by atoms with E-state index in [1.54, 1.807) is 0 Å². The van der Waals surface area contributed by atoms with Crippen molar-refractivity contribution in [3.63, 3.8) is 0 Å². The lowest BCUT2D eigenvalue weighted by Crippen LogP contribution is -1.99. The van der Waals surface area contributed by atoms with Gasteiger partial charge in [0.1, 0.15) is 41.3 Å². The first-order valence-electron chi connectivity index (χ1n) is 9.18. The maximum absolute atomic E-state index is 9.57. The molecule has 0 aliphatic carbocycles. The Morgan fingerprint density at radius 2 is 1.79 bits per heavy atom. The first-order chi connectivity index (χ1) is 14.1. The summed E-state index contributed by atoms with van der Waals surface area (Å²) in [5, 5.41) is 9.57. The molecule has 29 heavy (non-hydrogen) atoms. The van der Waals surface area contributed by atoms with E-state index in [4.69, 9.17) is 14.9 Å². The number of hydrogen-bond donors (Lipinski definition) is 1. The van der Waals surface area contributed by atoms with Gasteiger partial charge >= 0.3 is 0 Å². The van der Waals surface area contributed by atoms with E-state index in [-0.39, 0.29) is 5.82 Å². The normalized spacial score (nSPS) is 10.5. The van der Waals surface area contributed by atoms with Crippen LogP contribution in [-0.2, 0) is 6.61 Å². The zero-order chi connectivity index (χ0) is 20.2. The average Bonchev–Trinajstić information content (AvgIpc) is 3.19. The summed E-state index contributed by atoms with van der Waals surface area (Å²) in [7, 11) is 0. The summed E-state index contributed by atoms with van der Waals surface area (Å²) in [4.78, 5) is 4.33. The largest absolute Gasteiger partial charge is 0.489 e. The molecule has 2 aromatic carbocycles. The van der Waals surface area contributed by atoms with Gasteiger partial charge in [0.15, 0.2) is 5.76 Å². The van der Waals surface area contributed by atoms with Crippen molar-refractivity contribution >= 4 is 5.82 Å². The molecule has 0 unspecified atom stereocenters. The first kappa shape index (κ1) is 18.3. The molecule has 5 heteroatoms. The van der Waals surface area contributed by atoms with Crippen LogP contribution >= 0.6 is 0 Å². The van der Waals surface area contributed by atoms with Gasteiger partial charge in [0.05, 0.1) is 0 Å². The standard InChI is InChI=1S/C24H19N3O2/c1-16-7-12-23(29-16)22-13-20(21(14-25)24(26)27-22)18-8-10-19(11-9-18)28-15-17-5-3-2-4-6-17/h2-13H,15H2,1H3,(H2,26,27). The molecule has 0 aliphatic heterocycles. The van der Waals surface area contributed by atoms with Crippen molar-refractivity contribution in [2.45, 2.75) is 13.5 Å². The van der Waals surface area contributed by atoms with Crippen molar-refractivity contribution in [1.29, 1.82) is 5.26 Å². The second-order valence-corrected chi connectivity index (χ2v) is 6.64. The summed E-state index contributed by atoms with van der Waals surface area (Å²) < 4.78 is 11.5. The summed E-state index contributed by atoms with van der Waals surface area (Å²) >= 11 is 0. The summed E-state index contributed by atoms with van der Waals surface area (Å²) in [6.45, 7) is 2.36. The number of nitriles is 1. The SMILES string of the molecule is Cc1ccc(-c2cc(-c3ccc(OCc4ccccc4)cc3)c(C#N)c(N)n2)o1. The molecule has 0 aliphatic rings. The molecule has 0 bridgehead atoms. The van der Waals surface area contributed by atoms with Gasteiger partial charge in [0, 0.05) is 5.56 Å². The molecular weight excluding hydrogens is 362 g/mol. The summed E-state index contributed by atoms with van der Waals surface area (Å²) in [6, 6.07) is 25.3. The minimum atomic E-state index is 0.179. The van der Waals surface area contributed by atoms with E-state index in [1.807, 2.05) is 79.7 Å². The Morgan fingerprint density at radius 1 is 1.03 bits per heavy atom. The van der Waals surface area contributed by atoms with Gasteiger partial charge in [-0.15, -0.1) is 0 Å². The molecule has 2 aromatic heterocycles. The molecule has 0 spiro atoms. The van der Waals surface area contributed by atoms with Crippen molar-refractivity contribution in [2.24, 2.45) is 0 Å². The number of nitrogens with zero attached hydrogens (tertiary/aromatic N) is 2. The molecular formula is C24H19N3O2. The van der Waals surface area contributed by atoms with Crippen LogP contribution in [0, 0.1) is 18.3 Å². The molecule has 4 aromatic rings. The number of aromatic nitrogens is 1. The van der Waals surface area contributed by atoms with Crippen molar-refractivity contribution in [3.8, 4) is 34.4 Å². The van der Waals surface area contributed by atoms with Crippen LogP contribution in [-0.4, -0.2) is 4.98 Å². The van der Waals surface area contributed by atoms with E-state index < -0.39 is 0 Å². The summed E-state index contributed by atoms with van der Waals surface area (Å²) in [6.07, 6.45) is 0. The van der Waals surface area contributed by atoms with Crippen LogP contribution in [0.5, 0.6) is 5.75 Å². The number of rotatable bonds is 5. The van der Waals surface area contributed by atoms with Gasteiger partial charge in [0.2, 0.25) is 0 Å². The highest BCUT2D eigenvalue weighted by molar-refractivity contribution is 5.79. The lowest BCUT2D eigenvalue weighted by Gasteiger charge is -2.11. The Bertz CT molecular complexity index is 1170. The van der Waals surface area contributed by atoms with Crippen molar-refractivity contribution in [2.75, 3.05) is 5.73 Å². The molecule has 0 fully saturated rings. The van der Waals surface area contributed by atoms with Crippen LogP contribution in [0.2, 0.25) is 0 Å². The smallest absolute Gasteiger partial charge is 0.152 e. The average molecular weight is 381 g/mol. The van der Waals surface area contributed by atoms with Crippen molar-refractivity contribution in [3.05, 3.63) is 89.7 Å². The third-order valence-electron chi connectivity index (χ3n) is 4.57. The Morgan fingerprint density at radius 3 is 2.45 bits per heavy atom. The summed E-state index contributed by atoms with van der Waals surface area (Å²) in [5.74, 6) is 2.33. The highest BCUT2D eigenvalue weighted by Crippen LogP contribution is 2.32. The number of nitrogens with two attached hydrogens (primary N) is 1. The highest BCUT2D eigenvalue weighted by atomic mass is 16.5. The maximum Gasteiger partial charge on any atom is 0.152 e. The number of hydrogen-bond acceptors (Lipinski definition) is 5. The lowest BCUT2D eigenvalue weighted by molar-refractivity contribution is 0.306. The fourth-order valence-corrected chi connectivity index (χ4v) is 3.08.